The van der Waals surface area contributed by atoms with Crippen molar-refractivity contribution >= 4 is 11.6 Å². The van der Waals surface area contributed by atoms with Gasteiger partial charge in [0, 0.05) is 23.8 Å². The predicted molar refractivity (Wildman–Crippen MR) is 93.6 cm³/mol. The third kappa shape index (κ3) is 3.91. The van der Waals surface area contributed by atoms with Crippen molar-refractivity contribution < 1.29 is 17.9 Å². The highest BCUT2D eigenvalue weighted by molar-refractivity contribution is 6.30. The number of hydrogen-bond donors (Lipinski definition) is 0. The molecule has 0 saturated carbocycles. The van der Waals surface area contributed by atoms with E-state index in [9.17, 15) is 18.0 Å². The second-order valence-corrected chi connectivity index (χ2v) is 6.10. The molecular weight excluding hydrogens is 367 g/mol. The van der Waals surface area contributed by atoms with Gasteiger partial charge in [-0.15, -0.1) is 0 Å². The Labute approximate surface area is 152 Å². The van der Waals surface area contributed by atoms with Gasteiger partial charge in [0.2, 0.25) is 5.43 Å². The van der Waals surface area contributed by atoms with E-state index in [1.807, 2.05) is 0 Å². The lowest BCUT2D eigenvalue weighted by atomic mass is 10.0. The van der Waals surface area contributed by atoms with Crippen LogP contribution in [-0.2, 0) is 13.2 Å². The van der Waals surface area contributed by atoms with Crippen molar-refractivity contribution in [3.63, 3.8) is 0 Å². The molecule has 3 rings (SSSR count). The van der Waals surface area contributed by atoms with E-state index < -0.39 is 17.2 Å². The highest BCUT2D eigenvalue weighted by atomic mass is 35.5. The average molecular weight is 380 g/mol. The molecule has 0 spiro atoms. The maximum atomic E-state index is 12.9. The van der Waals surface area contributed by atoms with E-state index in [0.29, 0.717) is 10.8 Å². The summed E-state index contributed by atoms with van der Waals surface area (Å²) in [6.45, 7) is 0. The van der Waals surface area contributed by atoms with Gasteiger partial charge in [-0.3, -0.25) is 4.79 Å². The number of aromatic nitrogens is 1. The molecule has 134 valence electrons. The molecule has 0 unspecified atom stereocenters. The van der Waals surface area contributed by atoms with E-state index in [4.69, 9.17) is 16.3 Å². The SMILES string of the molecule is Cn1cc(Oc2ccc(Cl)cc2)c(=O)c(-c2cccc(C(F)(F)F)c2)c1. The Balaban J connectivity index is 2.05. The molecule has 0 N–H and O–H groups in total. The van der Waals surface area contributed by atoms with Crippen LogP contribution in [0.4, 0.5) is 13.2 Å². The molecule has 0 atom stereocenters. The summed E-state index contributed by atoms with van der Waals surface area (Å²) >= 11 is 5.81. The Morgan fingerprint density at radius 3 is 2.38 bits per heavy atom. The van der Waals surface area contributed by atoms with Crippen LogP contribution in [0.5, 0.6) is 11.5 Å². The number of alkyl halides is 3. The van der Waals surface area contributed by atoms with Gasteiger partial charge in [0.15, 0.2) is 5.75 Å². The number of hydrogen-bond acceptors (Lipinski definition) is 2. The number of benzene rings is 2. The molecule has 0 bridgehead atoms. The Kier molecular flexibility index (Phi) is 4.78. The van der Waals surface area contributed by atoms with Crippen LogP contribution < -0.4 is 10.2 Å². The quantitative estimate of drug-likeness (QED) is 0.600. The average Bonchev–Trinajstić information content (AvgIpc) is 2.59. The molecule has 0 fully saturated rings. The fourth-order valence-corrected chi connectivity index (χ4v) is 2.57. The van der Waals surface area contributed by atoms with E-state index in [2.05, 4.69) is 0 Å². The molecular formula is C19H13ClF3NO2. The smallest absolute Gasteiger partial charge is 0.416 e. The number of aryl methyl sites for hydroxylation is 1. The highest BCUT2D eigenvalue weighted by Gasteiger charge is 2.30. The van der Waals surface area contributed by atoms with Crippen LogP contribution in [0, 0.1) is 0 Å². The van der Waals surface area contributed by atoms with Gasteiger partial charge in [-0.1, -0.05) is 23.7 Å². The summed E-state index contributed by atoms with van der Waals surface area (Å²) in [5.74, 6) is 0.400. The molecule has 2 aromatic carbocycles. The van der Waals surface area contributed by atoms with Gasteiger partial charge < -0.3 is 9.30 Å². The zero-order valence-corrected chi connectivity index (χ0v) is 14.3. The third-order valence-electron chi connectivity index (χ3n) is 3.66. The predicted octanol–water partition coefficient (Wildman–Crippen LogP) is 5.52. The lowest BCUT2D eigenvalue weighted by molar-refractivity contribution is -0.137. The van der Waals surface area contributed by atoms with Gasteiger partial charge in [0.05, 0.1) is 11.8 Å². The summed E-state index contributed by atoms with van der Waals surface area (Å²) in [6.07, 6.45) is -1.56. The monoisotopic (exact) mass is 379 g/mol. The maximum absolute atomic E-state index is 12.9. The zero-order valence-electron chi connectivity index (χ0n) is 13.5. The molecule has 0 aliphatic rings. The molecule has 0 radical (unpaired) electrons. The molecule has 1 aromatic heterocycles. The van der Waals surface area contributed by atoms with E-state index in [-0.39, 0.29) is 16.9 Å². The van der Waals surface area contributed by atoms with Crippen LogP contribution in [0.2, 0.25) is 5.02 Å². The summed E-state index contributed by atoms with van der Waals surface area (Å²) in [4.78, 5) is 12.7. The van der Waals surface area contributed by atoms with Crippen LogP contribution in [-0.4, -0.2) is 4.57 Å². The van der Waals surface area contributed by atoms with Crippen molar-refractivity contribution in [2.24, 2.45) is 7.05 Å². The van der Waals surface area contributed by atoms with Gasteiger partial charge in [0.1, 0.15) is 5.75 Å². The fraction of sp³-hybridized carbons (Fsp3) is 0.105. The first-order valence-corrected chi connectivity index (χ1v) is 7.93. The van der Waals surface area contributed by atoms with Gasteiger partial charge in [0.25, 0.3) is 0 Å². The number of pyridine rings is 1. The molecule has 26 heavy (non-hydrogen) atoms. The first-order valence-electron chi connectivity index (χ1n) is 7.55. The number of nitrogens with zero attached hydrogens (tertiary/aromatic N) is 1. The van der Waals surface area contributed by atoms with Gasteiger partial charge in [-0.05, 0) is 42.0 Å². The van der Waals surface area contributed by atoms with Crippen LogP contribution >= 0.6 is 11.6 Å². The third-order valence-corrected chi connectivity index (χ3v) is 3.92. The van der Waals surface area contributed by atoms with Crippen molar-refractivity contribution in [2.75, 3.05) is 0 Å². The topological polar surface area (TPSA) is 31.2 Å². The minimum absolute atomic E-state index is 0.00438. The van der Waals surface area contributed by atoms with Crippen molar-refractivity contribution in [1.29, 1.82) is 0 Å². The molecule has 3 aromatic rings. The van der Waals surface area contributed by atoms with E-state index in [0.717, 1.165) is 12.1 Å². The first kappa shape index (κ1) is 18.1. The van der Waals surface area contributed by atoms with Crippen LogP contribution in [0.3, 0.4) is 0 Å². The lowest BCUT2D eigenvalue weighted by Gasteiger charge is -2.12. The molecule has 0 aliphatic carbocycles. The van der Waals surface area contributed by atoms with Crippen molar-refractivity contribution in [2.45, 2.75) is 6.18 Å². The van der Waals surface area contributed by atoms with Crippen molar-refractivity contribution in [1.82, 2.24) is 4.57 Å². The summed E-state index contributed by atoms with van der Waals surface area (Å²) in [7, 11) is 1.66. The van der Waals surface area contributed by atoms with Gasteiger partial charge in [-0.25, -0.2) is 0 Å². The molecule has 7 heteroatoms. The van der Waals surface area contributed by atoms with E-state index >= 15 is 0 Å². The first-order chi connectivity index (χ1) is 12.2. The summed E-state index contributed by atoms with van der Waals surface area (Å²) in [5, 5.41) is 0.517. The van der Waals surface area contributed by atoms with Gasteiger partial charge >= 0.3 is 6.18 Å². The molecule has 1 heterocycles. The molecule has 0 amide bonds. The summed E-state index contributed by atoms with van der Waals surface area (Å²) < 4.78 is 46.0. The minimum atomic E-state index is -4.49. The van der Waals surface area contributed by atoms with E-state index in [1.54, 1.807) is 35.9 Å². The largest absolute Gasteiger partial charge is 0.452 e. The van der Waals surface area contributed by atoms with Crippen LogP contribution in [0.1, 0.15) is 5.56 Å². The lowest BCUT2D eigenvalue weighted by Crippen LogP contribution is -2.12. The van der Waals surface area contributed by atoms with Gasteiger partial charge in [-0.2, -0.15) is 13.2 Å². The Morgan fingerprint density at radius 2 is 1.73 bits per heavy atom. The molecule has 0 aliphatic heterocycles. The Hall–Kier alpha value is -2.73. The summed E-state index contributed by atoms with van der Waals surface area (Å²) in [5.41, 5.74) is -1.04. The molecule has 0 saturated heterocycles. The normalized spacial score (nSPS) is 11.4. The number of ether oxygens (including phenoxy) is 1. The van der Waals surface area contributed by atoms with E-state index in [1.165, 1.54) is 24.5 Å². The molecule has 3 nitrogen and oxygen atoms in total. The standard InChI is InChI=1S/C19H13ClF3NO2/c1-24-10-16(12-3-2-4-13(9-12)19(21,22)23)18(25)17(11-24)26-15-7-5-14(20)6-8-15/h2-11H,1H3. The Morgan fingerprint density at radius 1 is 1.04 bits per heavy atom. The maximum Gasteiger partial charge on any atom is 0.416 e. The Bertz CT molecular complexity index is 995. The number of halogens is 4. The summed E-state index contributed by atoms with van der Waals surface area (Å²) in [6, 6.07) is 11.0. The second-order valence-electron chi connectivity index (χ2n) is 5.67. The van der Waals surface area contributed by atoms with Crippen LogP contribution in [0.15, 0.2) is 65.7 Å². The highest BCUT2D eigenvalue weighted by Crippen LogP contribution is 2.32. The van der Waals surface area contributed by atoms with Crippen molar-refractivity contribution in [3.8, 4) is 22.6 Å². The fourth-order valence-electron chi connectivity index (χ4n) is 2.45. The van der Waals surface area contributed by atoms with Crippen molar-refractivity contribution in [3.05, 3.63) is 81.7 Å². The second kappa shape index (κ2) is 6.88. The number of rotatable bonds is 3. The minimum Gasteiger partial charge on any atom is -0.452 e. The zero-order chi connectivity index (χ0) is 18.9. The van der Waals surface area contributed by atoms with Crippen LogP contribution in [0.25, 0.3) is 11.1 Å².